The molecule has 5 heteroatoms. The summed E-state index contributed by atoms with van der Waals surface area (Å²) in [4.78, 5) is 10.8. The summed E-state index contributed by atoms with van der Waals surface area (Å²) in [5.74, 6) is 1.34. The fourth-order valence-electron chi connectivity index (χ4n) is 1.47. The summed E-state index contributed by atoms with van der Waals surface area (Å²) in [6.45, 7) is 7.54. The van der Waals surface area contributed by atoms with E-state index in [1.807, 2.05) is 31.9 Å². The molecule has 102 valence electrons. The van der Waals surface area contributed by atoms with Crippen molar-refractivity contribution in [3.05, 3.63) is 11.8 Å². The molecule has 0 aliphatic carbocycles. The molecule has 0 aliphatic rings. The molecule has 1 rings (SSSR count). The maximum Gasteiger partial charge on any atom is 0.228 e. The molecule has 0 fully saturated rings. The van der Waals surface area contributed by atoms with Crippen molar-refractivity contribution in [3.63, 3.8) is 0 Å². The average Bonchev–Trinajstić information content (AvgIpc) is 2.32. The topological polar surface area (TPSA) is 64.3 Å². The van der Waals surface area contributed by atoms with Gasteiger partial charge in [0.15, 0.2) is 0 Å². The van der Waals surface area contributed by atoms with Crippen LogP contribution in [0.4, 0.5) is 5.95 Å². The number of hydrogen-bond acceptors (Lipinski definition) is 5. The first-order chi connectivity index (χ1) is 8.52. The molecule has 0 radical (unpaired) electrons. The Morgan fingerprint density at radius 2 is 2.17 bits per heavy atom. The molecule has 1 aromatic rings. The van der Waals surface area contributed by atoms with E-state index in [4.69, 9.17) is 10.5 Å². The zero-order valence-corrected chi connectivity index (χ0v) is 11.8. The highest BCUT2D eigenvalue weighted by Crippen LogP contribution is 2.15. The second-order valence-corrected chi connectivity index (χ2v) is 4.68. The van der Waals surface area contributed by atoms with E-state index < -0.39 is 0 Å². The summed E-state index contributed by atoms with van der Waals surface area (Å²) in [5, 5.41) is 0. The van der Waals surface area contributed by atoms with Crippen molar-refractivity contribution in [1.82, 2.24) is 9.97 Å². The van der Waals surface area contributed by atoms with Gasteiger partial charge in [0, 0.05) is 31.4 Å². The third-order valence-corrected chi connectivity index (χ3v) is 2.53. The van der Waals surface area contributed by atoms with Gasteiger partial charge in [0.1, 0.15) is 0 Å². The van der Waals surface area contributed by atoms with Crippen LogP contribution in [0.1, 0.15) is 32.4 Å². The van der Waals surface area contributed by atoms with Crippen molar-refractivity contribution >= 4 is 5.95 Å². The normalized spacial score (nSPS) is 12.3. The summed E-state index contributed by atoms with van der Waals surface area (Å²) in [5.41, 5.74) is 6.67. The molecule has 0 saturated heterocycles. The van der Waals surface area contributed by atoms with Crippen LogP contribution in [-0.2, 0) is 0 Å². The lowest BCUT2D eigenvalue weighted by molar-refractivity contribution is 0.304. The molecule has 18 heavy (non-hydrogen) atoms. The second kappa shape index (κ2) is 7.16. The molecule has 2 N–H and O–H groups in total. The van der Waals surface area contributed by atoms with Gasteiger partial charge in [-0.25, -0.2) is 4.98 Å². The highest BCUT2D eigenvalue weighted by atomic mass is 16.5. The second-order valence-electron chi connectivity index (χ2n) is 4.68. The first kappa shape index (κ1) is 14.7. The van der Waals surface area contributed by atoms with E-state index in [0.29, 0.717) is 18.4 Å². The Morgan fingerprint density at radius 1 is 1.44 bits per heavy atom. The number of nitrogens with two attached hydrogens (primary N) is 1. The van der Waals surface area contributed by atoms with E-state index >= 15 is 0 Å². The van der Waals surface area contributed by atoms with Crippen molar-refractivity contribution in [1.29, 1.82) is 0 Å². The molecule has 0 spiro atoms. The smallest absolute Gasteiger partial charge is 0.228 e. The van der Waals surface area contributed by atoms with Gasteiger partial charge in [-0.05, 0) is 26.7 Å². The highest BCUT2D eigenvalue weighted by molar-refractivity contribution is 5.33. The zero-order chi connectivity index (χ0) is 13.5. The molecule has 1 atom stereocenters. The Morgan fingerprint density at radius 3 is 2.78 bits per heavy atom. The Hall–Kier alpha value is -1.36. The van der Waals surface area contributed by atoms with Gasteiger partial charge in [-0.15, -0.1) is 0 Å². The quantitative estimate of drug-likeness (QED) is 0.801. The van der Waals surface area contributed by atoms with Crippen LogP contribution in [0.25, 0.3) is 0 Å². The van der Waals surface area contributed by atoms with Crippen molar-refractivity contribution in [3.8, 4) is 5.88 Å². The van der Waals surface area contributed by atoms with Gasteiger partial charge in [0.05, 0.1) is 6.61 Å². The van der Waals surface area contributed by atoms with Crippen LogP contribution in [0.5, 0.6) is 5.88 Å². The first-order valence-corrected chi connectivity index (χ1v) is 6.48. The molecule has 1 heterocycles. The lowest BCUT2D eigenvalue weighted by Gasteiger charge is -2.19. The molecule has 0 amide bonds. The van der Waals surface area contributed by atoms with E-state index in [0.717, 1.165) is 25.1 Å². The maximum absolute atomic E-state index is 5.75. The zero-order valence-electron chi connectivity index (χ0n) is 11.8. The van der Waals surface area contributed by atoms with E-state index in [-0.39, 0.29) is 6.04 Å². The molecule has 0 aromatic carbocycles. The summed E-state index contributed by atoms with van der Waals surface area (Å²) in [6.07, 6.45) is 1.89. The first-order valence-electron chi connectivity index (χ1n) is 6.48. The molecule has 1 unspecified atom stereocenters. The van der Waals surface area contributed by atoms with Crippen LogP contribution in [0.3, 0.4) is 0 Å². The van der Waals surface area contributed by atoms with Gasteiger partial charge in [0.25, 0.3) is 0 Å². The largest absolute Gasteiger partial charge is 0.478 e. The Labute approximate surface area is 109 Å². The van der Waals surface area contributed by atoms with Gasteiger partial charge in [-0.3, -0.25) is 0 Å². The average molecular weight is 252 g/mol. The van der Waals surface area contributed by atoms with Crippen molar-refractivity contribution in [2.45, 2.75) is 39.7 Å². The fourth-order valence-corrected chi connectivity index (χ4v) is 1.47. The standard InChI is InChI=1S/C13H24N4O/c1-5-8-18-12-9-11(3)15-13(16-12)17(4)7-6-10(2)14/h9-10H,5-8,14H2,1-4H3. The Balaban J connectivity index is 2.71. The van der Waals surface area contributed by atoms with Gasteiger partial charge in [-0.2, -0.15) is 4.98 Å². The van der Waals surface area contributed by atoms with Crippen molar-refractivity contribution in [2.24, 2.45) is 5.73 Å². The summed E-state index contributed by atoms with van der Waals surface area (Å²) in [6, 6.07) is 2.05. The number of ether oxygens (including phenoxy) is 1. The lowest BCUT2D eigenvalue weighted by Crippen LogP contribution is -2.27. The predicted octanol–water partition coefficient (Wildman–Crippen LogP) is 1.75. The van der Waals surface area contributed by atoms with Crippen molar-refractivity contribution < 1.29 is 4.74 Å². The third-order valence-electron chi connectivity index (χ3n) is 2.53. The van der Waals surface area contributed by atoms with E-state index in [1.165, 1.54) is 0 Å². The number of nitrogens with zero attached hydrogens (tertiary/aromatic N) is 3. The molecule has 0 saturated carbocycles. The van der Waals surface area contributed by atoms with E-state index in [1.54, 1.807) is 0 Å². The molecule has 5 nitrogen and oxygen atoms in total. The molecular weight excluding hydrogens is 228 g/mol. The fraction of sp³-hybridized carbons (Fsp3) is 0.692. The maximum atomic E-state index is 5.75. The molecule has 0 bridgehead atoms. The van der Waals surface area contributed by atoms with Gasteiger partial charge < -0.3 is 15.4 Å². The van der Waals surface area contributed by atoms with Crippen LogP contribution in [0.2, 0.25) is 0 Å². The van der Waals surface area contributed by atoms with Crippen molar-refractivity contribution in [2.75, 3.05) is 25.1 Å². The van der Waals surface area contributed by atoms with E-state index in [9.17, 15) is 0 Å². The summed E-state index contributed by atoms with van der Waals surface area (Å²) < 4.78 is 5.55. The van der Waals surface area contributed by atoms with E-state index in [2.05, 4.69) is 16.9 Å². The lowest BCUT2D eigenvalue weighted by atomic mass is 10.2. The Bertz CT molecular complexity index is 368. The van der Waals surface area contributed by atoms with Gasteiger partial charge in [0.2, 0.25) is 11.8 Å². The van der Waals surface area contributed by atoms with Gasteiger partial charge >= 0.3 is 0 Å². The van der Waals surface area contributed by atoms with Crippen LogP contribution in [0, 0.1) is 6.92 Å². The van der Waals surface area contributed by atoms with Crippen LogP contribution in [0.15, 0.2) is 6.07 Å². The predicted molar refractivity (Wildman–Crippen MR) is 74.1 cm³/mol. The van der Waals surface area contributed by atoms with Crippen LogP contribution >= 0.6 is 0 Å². The van der Waals surface area contributed by atoms with Crippen LogP contribution < -0.4 is 15.4 Å². The minimum Gasteiger partial charge on any atom is -0.478 e. The minimum atomic E-state index is 0.188. The monoisotopic (exact) mass is 252 g/mol. The number of rotatable bonds is 7. The summed E-state index contributed by atoms with van der Waals surface area (Å²) in [7, 11) is 1.97. The number of hydrogen-bond donors (Lipinski definition) is 1. The van der Waals surface area contributed by atoms with Gasteiger partial charge in [-0.1, -0.05) is 6.92 Å². The Kier molecular flexibility index (Phi) is 5.85. The molecular formula is C13H24N4O. The van der Waals surface area contributed by atoms with Crippen LogP contribution in [-0.4, -0.2) is 36.2 Å². The number of aryl methyl sites for hydroxylation is 1. The summed E-state index contributed by atoms with van der Waals surface area (Å²) >= 11 is 0. The SMILES string of the molecule is CCCOc1cc(C)nc(N(C)CCC(C)N)n1. The molecule has 1 aromatic heterocycles. The molecule has 0 aliphatic heterocycles. The minimum absolute atomic E-state index is 0.188. The number of aromatic nitrogens is 2. The third kappa shape index (κ3) is 4.87. The number of anilines is 1. The highest BCUT2D eigenvalue weighted by Gasteiger charge is 2.08.